The van der Waals surface area contributed by atoms with Crippen LogP contribution in [0.5, 0.6) is 0 Å². The first-order chi connectivity index (χ1) is 8.90. The Labute approximate surface area is 151 Å². The van der Waals surface area contributed by atoms with Crippen LogP contribution in [0.25, 0.3) is 0 Å². The minimum Gasteiger partial charge on any atom is -0.207 e. The van der Waals surface area contributed by atoms with E-state index in [2.05, 4.69) is 54.5 Å². The molecule has 0 saturated heterocycles. The van der Waals surface area contributed by atoms with E-state index in [-0.39, 0.29) is 5.82 Å². The quantitative estimate of drug-likeness (QED) is 0.221. The lowest BCUT2D eigenvalue weighted by atomic mass is 10.0. The second kappa shape index (κ2) is 6.60. The van der Waals surface area contributed by atoms with Crippen molar-refractivity contribution < 1.29 is 4.39 Å². The van der Waals surface area contributed by atoms with E-state index in [0.29, 0.717) is 15.1 Å². The first-order valence-electron chi connectivity index (χ1n) is 5.13. The van der Waals surface area contributed by atoms with Gasteiger partial charge in [0.1, 0.15) is 5.82 Å². The number of hydrogen-bond acceptors (Lipinski definition) is 0. The molecule has 100 valence electrons. The normalized spacial score (nSPS) is 12.5. The number of halogens is 6. The van der Waals surface area contributed by atoms with E-state index in [1.165, 1.54) is 6.07 Å². The average Bonchev–Trinajstić information content (AvgIpc) is 2.36. The summed E-state index contributed by atoms with van der Waals surface area (Å²) < 4.78 is 16.4. The summed E-state index contributed by atoms with van der Waals surface area (Å²) in [5.74, 6) is -0.387. The zero-order valence-electron chi connectivity index (χ0n) is 9.23. The van der Waals surface area contributed by atoms with Crippen LogP contribution in [0, 0.1) is 9.39 Å². The Morgan fingerprint density at radius 3 is 2.42 bits per heavy atom. The molecule has 6 heteroatoms. The maximum absolute atomic E-state index is 14.0. The summed E-state index contributed by atoms with van der Waals surface area (Å²) in [4.78, 5) is 0. The minimum atomic E-state index is -0.602. The van der Waals surface area contributed by atoms with Gasteiger partial charge in [-0.15, -0.1) is 11.6 Å². The van der Waals surface area contributed by atoms with Crippen molar-refractivity contribution in [2.45, 2.75) is 5.38 Å². The molecule has 2 aromatic carbocycles. The van der Waals surface area contributed by atoms with Crippen LogP contribution >= 0.6 is 77.7 Å². The van der Waals surface area contributed by atoms with Crippen LogP contribution in [-0.4, -0.2) is 0 Å². The smallest absolute Gasteiger partial charge is 0.129 e. The van der Waals surface area contributed by atoms with Crippen molar-refractivity contribution in [1.29, 1.82) is 0 Å². The second-order valence-corrected chi connectivity index (χ2v) is 7.61. The summed E-state index contributed by atoms with van der Waals surface area (Å²) in [6.45, 7) is 0. The Hall–Kier alpha value is 0.640. The average molecular weight is 539 g/mol. The predicted octanol–water partition coefficient (Wildman–Crippen LogP) is 6.94. The van der Waals surface area contributed by atoms with Crippen LogP contribution in [0.3, 0.4) is 0 Å². The number of rotatable bonds is 2. The van der Waals surface area contributed by atoms with Gasteiger partial charge in [-0.3, -0.25) is 0 Å². The van der Waals surface area contributed by atoms with Gasteiger partial charge in [-0.25, -0.2) is 4.39 Å². The van der Waals surface area contributed by atoms with Crippen molar-refractivity contribution in [2.75, 3.05) is 0 Å². The van der Waals surface area contributed by atoms with Gasteiger partial charge in [0.2, 0.25) is 0 Å². The summed E-state index contributed by atoms with van der Waals surface area (Å²) in [5.41, 5.74) is 1.17. The molecule has 0 N–H and O–H groups in total. The third-order valence-corrected chi connectivity index (χ3v) is 5.60. The number of alkyl halides is 1. The highest BCUT2D eigenvalue weighted by Gasteiger charge is 2.19. The highest BCUT2D eigenvalue weighted by Crippen LogP contribution is 2.38. The zero-order chi connectivity index (χ0) is 14.2. The van der Waals surface area contributed by atoms with Gasteiger partial charge < -0.3 is 0 Å². The van der Waals surface area contributed by atoms with E-state index in [9.17, 15) is 4.39 Å². The fourth-order valence-electron chi connectivity index (χ4n) is 1.61. The fourth-order valence-corrected chi connectivity index (χ4v) is 3.57. The van der Waals surface area contributed by atoms with Crippen molar-refractivity contribution in [3.05, 3.63) is 64.8 Å². The number of benzene rings is 2. The molecule has 0 aromatic heterocycles. The Balaban J connectivity index is 2.52. The van der Waals surface area contributed by atoms with Crippen LogP contribution in [0.2, 0.25) is 5.02 Å². The Kier molecular flexibility index (Phi) is 5.57. The summed E-state index contributed by atoms with van der Waals surface area (Å²) in [5, 5.41) is -0.168. The largest absolute Gasteiger partial charge is 0.207 e. The van der Waals surface area contributed by atoms with Crippen molar-refractivity contribution in [3.8, 4) is 0 Å². The lowest BCUT2D eigenvalue weighted by Crippen LogP contribution is -1.99. The standard InChI is InChI=1S/C13H6Br2Cl2FI/c14-9-2-1-6(19)3-7(9)13(17)8-4-11(16)10(15)5-12(8)18/h1-5,13H. The lowest BCUT2D eigenvalue weighted by Gasteiger charge is -2.14. The molecule has 0 radical (unpaired) electrons. The van der Waals surface area contributed by atoms with Crippen LogP contribution in [0.15, 0.2) is 39.3 Å². The maximum Gasteiger partial charge on any atom is 0.129 e. The van der Waals surface area contributed by atoms with Gasteiger partial charge in [-0.05, 0) is 74.4 Å². The number of hydrogen-bond donors (Lipinski definition) is 0. The van der Waals surface area contributed by atoms with Gasteiger partial charge in [0, 0.05) is 18.1 Å². The molecule has 0 nitrogen and oxygen atoms in total. The molecule has 0 aliphatic rings. The third kappa shape index (κ3) is 3.64. The van der Waals surface area contributed by atoms with E-state index in [0.717, 1.165) is 13.6 Å². The third-order valence-electron chi connectivity index (χ3n) is 2.54. The first-order valence-corrected chi connectivity index (χ1v) is 8.61. The summed E-state index contributed by atoms with van der Waals surface area (Å²) in [7, 11) is 0. The molecule has 0 aliphatic carbocycles. The Bertz CT molecular complexity index is 634. The molecular weight excluding hydrogens is 533 g/mol. The summed E-state index contributed by atoms with van der Waals surface area (Å²) in [6, 6.07) is 8.63. The highest BCUT2D eigenvalue weighted by atomic mass is 127. The molecule has 0 saturated carbocycles. The van der Waals surface area contributed by atoms with Gasteiger partial charge in [0.25, 0.3) is 0 Å². The van der Waals surface area contributed by atoms with E-state index in [4.69, 9.17) is 23.2 Å². The highest BCUT2D eigenvalue weighted by molar-refractivity contribution is 14.1. The van der Waals surface area contributed by atoms with Crippen molar-refractivity contribution >= 4 is 77.7 Å². The van der Waals surface area contributed by atoms with Gasteiger partial charge >= 0.3 is 0 Å². The van der Waals surface area contributed by atoms with Crippen LogP contribution < -0.4 is 0 Å². The monoisotopic (exact) mass is 536 g/mol. The van der Waals surface area contributed by atoms with Crippen molar-refractivity contribution in [3.63, 3.8) is 0 Å². The molecule has 0 bridgehead atoms. The van der Waals surface area contributed by atoms with Crippen molar-refractivity contribution in [1.82, 2.24) is 0 Å². The summed E-state index contributed by atoms with van der Waals surface area (Å²) >= 11 is 21.2. The first kappa shape index (κ1) is 16.0. The Morgan fingerprint density at radius 2 is 1.74 bits per heavy atom. The Morgan fingerprint density at radius 1 is 1.05 bits per heavy atom. The fraction of sp³-hybridized carbons (Fsp3) is 0.0769. The zero-order valence-corrected chi connectivity index (χ0v) is 16.1. The van der Waals surface area contributed by atoms with Crippen molar-refractivity contribution in [2.24, 2.45) is 0 Å². The molecule has 1 unspecified atom stereocenters. The molecule has 0 fully saturated rings. The molecule has 2 aromatic rings. The SMILES string of the molecule is Fc1cc(Br)c(Cl)cc1C(Cl)c1cc(I)ccc1Br. The van der Waals surface area contributed by atoms with Crippen LogP contribution in [-0.2, 0) is 0 Å². The van der Waals surface area contributed by atoms with E-state index >= 15 is 0 Å². The van der Waals surface area contributed by atoms with Gasteiger partial charge in [0.15, 0.2) is 0 Å². The van der Waals surface area contributed by atoms with Gasteiger partial charge in [-0.2, -0.15) is 0 Å². The van der Waals surface area contributed by atoms with Gasteiger partial charge in [0.05, 0.1) is 10.4 Å². The topological polar surface area (TPSA) is 0 Å². The lowest BCUT2D eigenvalue weighted by molar-refractivity contribution is 0.611. The molecule has 0 spiro atoms. The predicted molar refractivity (Wildman–Crippen MR) is 93.7 cm³/mol. The van der Waals surface area contributed by atoms with Crippen LogP contribution in [0.4, 0.5) is 4.39 Å². The molecule has 0 heterocycles. The van der Waals surface area contributed by atoms with Gasteiger partial charge in [-0.1, -0.05) is 27.5 Å². The van der Waals surface area contributed by atoms with E-state index in [1.807, 2.05) is 18.2 Å². The molecule has 0 aliphatic heterocycles. The molecule has 0 amide bonds. The van der Waals surface area contributed by atoms with E-state index < -0.39 is 5.38 Å². The van der Waals surface area contributed by atoms with Crippen LogP contribution in [0.1, 0.15) is 16.5 Å². The minimum absolute atomic E-state index is 0.359. The molecule has 2 rings (SSSR count). The summed E-state index contributed by atoms with van der Waals surface area (Å²) in [6.07, 6.45) is 0. The molecule has 19 heavy (non-hydrogen) atoms. The maximum atomic E-state index is 14.0. The molecular formula is C13H6Br2Cl2FI. The van der Waals surface area contributed by atoms with E-state index in [1.54, 1.807) is 6.07 Å². The molecule has 1 atom stereocenters. The second-order valence-electron chi connectivity index (χ2n) is 3.82.